The second-order valence-electron chi connectivity index (χ2n) is 5.17. The predicted octanol–water partition coefficient (Wildman–Crippen LogP) is 2.43. The maximum Gasteiger partial charge on any atom is 0.311 e. The van der Waals surface area contributed by atoms with E-state index < -0.39 is 11.9 Å². The van der Waals surface area contributed by atoms with E-state index in [-0.39, 0.29) is 12.5 Å². The summed E-state index contributed by atoms with van der Waals surface area (Å²) in [5.74, 6) is -1.10. The van der Waals surface area contributed by atoms with Crippen molar-refractivity contribution in [1.82, 2.24) is 0 Å². The molecule has 0 fully saturated rings. The van der Waals surface area contributed by atoms with Gasteiger partial charge < -0.3 is 15.2 Å². The van der Waals surface area contributed by atoms with Gasteiger partial charge in [-0.3, -0.25) is 9.59 Å². The fourth-order valence-electron chi connectivity index (χ4n) is 2.53. The number of ether oxygens (including phenoxy) is 1. The van der Waals surface area contributed by atoms with Crippen molar-refractivity contribution in [1.29, 1.82) is 0 Å². The van der Waals surface area contributed by atoms with Crippen molar-refractivity contribution in [2.45, 2.75) is 12.3 Å². The molecule has 0 aromatic heterocycles. The summed E-state index contributed by atoms with van der Waals surface area (Å²) in [6, 6.07) is 14.5. The molecule has 1 atom stereocenters. The number of carboxylic acid groups (broad SMARTS) is 1. The molecule has 2 aromatic carbocycles. The number of carboxylic acids is 1. The number of carbonyl (C=O) groups excluding carboxylic acids is 1. The fourth-order valence-corrected chi connectivity index (χ4v) is 2.53. The average molecular weight is 297 g/mol. The minimum Gasteiger partial charge on any atom is -0.482 e. The lowest BCUT2D eigenvalue weighted by molar-refractivity contribution is -0.138. The van der Waals surface area contributed by atoms with Crippen molar-refractivity contribution in [2.75, 3.05) is 11.9 Å². The summed E-state index contributed by atoms with van der Waals surface area (Å²) in [4.78, 5) is 22.9. The second-order valence-corrected chi connectivity index (χ2v) is 5.17. The number of carbonyl (C=O) groups is 2. The van der Waals surface area contributed by atoms with Gasteiger partial charge in [0, 0.05) is 0 Å². The van der Waals surface area contributed by atoms with Crippen LogP contribution >= 0.6 is 0 Å². The molecule has 0 spiro atoms. The smallest absolute Gasteiger partial charge is 0.311 e. The zero-order valence-electron chi connectivity index (χ0n) is 11.8. The van der Waals surface area contributed by atoms with Crippen LogP contribution in [-0.2, 0) is 16.0 Å². The van der Waals surface area contributed by atoms with Gasteiger partial charge in [0.1, 0.15) is 5.75 Å². The third-order valence-electron chi connectivity index (χ3n) is 3.62. The Labute approximate surface area is 127 Å². The van der Waals surface area contributed by atoms with E-state index in [1.54, 1.807) is 12.1 Å². The minimum atomic E-state index is -0.871. The van der Waals surface area contributed by atoms with Gasteiger partial charge in [-0.15, -0.1) is 0 Å². The quantitative estimate of drug-likeness (QED) is 0.908. The summed E-state index contributed by atoms with van der Waals surface area (Å²) >= 11 is 0. The number of amides is 1. The van der Waals surface area contributed by atoms with Crippen LogP contribution in [0, 0.1) is 0 Å². The van der Waals surface area contributed by atoms with Crippen molar-refractivity contribution in [2.24, 2.45) is 0 Å². The van der Waals surface area contributed by atoms with Crippen molar-refractivity contribution in [3.05, 3.63) is 59.7 Å². The first-order valence-corrected chi connectivity index (χ1v) is 6.97. The van der Waals surface area contributed by atoms with E-state index in [0.29, 0.717) is 17.9 Å². The van der Waals surface area contributed by atoms with Gasteiger partial charge in [0.15, 0.2) is 6.61 Å². The lowest BCUT2D eigenvalue weighted by Gasteiger charge is -2.19. The average Bonchev–Trinajstić information content (AvgIpc) is 2.52. The molecule has 0 bridgehead atoms. The number of nitrogens with one attached hydrogen (secondary N) is 1. The molecule has 0 saturated heterocycles. The molecule has 5 heteroatoms. The highest BCUT2D eigenvalue weighted by Crippen LogP contribution is 2.30. The fraction of sp³-hybridized carbons (Fsp3) is 0.176. The van der Waals surface area contributed by atoms with Crippen LogP contribution in [0.3, 0.4) is 0 Å². The highest BCUT2D eigenvalue weighted by atomic mass is 16.5. The first kappa shape index (κ1) is 14.1. The third kappa shape index (κ3) is 2.93. The molecule has 3 rings (SSSR count). The van der Waals surface area contributed by atoms with Crippen molar-refractivity contribution < 1.29 is 19.4 Å². The van der Waals surface area contributed by atoms with Crippen LogP contribution in [-0.4, -0.2) is 23.6 Å². The van der Waals surface area contributed by atoms with E-state index in [4.69, 9.17) is 4.74 Å². The molecule has 1 aliphatic rings. The lowest BCUT2D eigenvalue weighted by atomic mass is 9.92. The van der Waals surface area contributed by atoms with E-state index in [0.717, 1.165) is 11.1 Å². The predicted molar refractivity (Wildman–Crippen MR) is 81.1 cm³/mol. The molecule has 0 radical (unpaired) electrons. The van der Waals surface area contributed by atoms with Gasteiger partial charge in [-0.25, -0.2) is 0 Å². The van der Waals surface area contributed by atoms with Crippen LogP contribution in [0.4, 0.5) is 5.69 Å². The summed E-state index contributed by atoms with van der Waals surface area (Å²) in [5.41, 5.74) is 2.18. The Balaban J connectivity index is 1.86. The zero-order chi connectivity index (χ0) is 15.5. The summed E-state index contributed by atoms with van der Waals surface area (Å²) in [6.45, 7) is 0.00805. The summed E-state index contributed by atoms with van der Waals surface area (Å²) < 4.78 is 5.30. The van der Waals surface area contributed by atoms with Crippen molar-refractivity contribution >= 4 is 17.6 Å². The largest absolute Gasteiger partial charge is 0.482 e. The van der Waals surface area contributed by atoms with Gasteiger partial charge in [-0.05, 0) is 29.7 Å². The van der Waals surface area contributed by atoms with E-state index in [1.807, 2.05) is 36.4 Å². The number of anilines is 1. The zero-order valence-corrected chi connectivity index (χ0v) is 11.8. The van der Waals surface area contributed by atoms with E-state index in [2.05, 4.69) is 5.32 Å². The van der Waals surface area contributed by atoms with Crippen LogP contribution in [0.5, 0.6) is 5.75 Å². The molecule has 1 aliphatic heterocycles. The topological polar surface area (TPSA) is 75.6 Å². The molecule has 0 aliphatic carbocycles. The standard InChI is InChI=1S/C17H15NO4/c19-16-10-22-15-7-6-11(9-14(15)18-16)8-13(17(20)21)12-4-2-1-3-5-12/h1-7,9,13H,8,10H2,(H,18,19)(H,20,21). The first-order chi connectivity index (χ1) is 10.6. The Morgan fingerprint density at radius 1 is 1.23 bits per heavy atom. The van der Waals surface area contributed by atoms with Gasteiger partial charge in [-0.1, -0.05) is 36.4 Å². The molecule has 2 aromatic rings. The molecule has 5 nitrogen and oxygen atoms in total. The second kappa shape index (κ2) is 5.89. The molecule has 1 unspecified atom stereocenters. The van der Waals surface area contributed by atoms with E-state index in [1.165, 1.54) is 0 Å². The van der Waals surface area contributed by atoms with Crippen molar-refractivity contribution in [3.63, 3.8) is 0 Å². The maximum atomic E-state index is 11.6. The van der Waals surface area contributed by atoms with Crippen LogP contribution in [0.25, 0.3) is 0 Å². The number of hydrogen-bond acceptors (Lipinski definition) is 3. The van der Waals surface area contributed by atoms with Gasteiger partial charge >= 0.3 is 5.97 Å². The minimum absolute atomic E-state index is 0.00805. The Morgan fingerprint density at radius 2 is 2.00 bits per heavy atom. The molecule has 0 saturated carbocycles. The van der Waals surface area contributed by atoms with Crippen LogP contribution in [0.2, 0.25) is 0 Å². The number of aliphatic carboxylic acids is 1. The van der Waals surface area contributed by atoms with Crippen LogP contribution in [0.15, 0.2) is 48.5 Å². The molecule has 1 amide bonds. The van der Waals surface area contributed by atoms with Crippen LogP contribution < -0.4 is 10.1 Å². The number of fused-ring (bicyclic) bond motifs is 1. The number of hydrogen-bond donors (Lipinski definition) is 2. The lowest BCUT2D eigenvalue weighted by Crippen LogP contribution is -2.25. The van der Waals surface area contributed by atoms with Crippen molar-refractivity contribution in [3.8, 4) is 5.75 Å². The molecular formula is C17H15NO4. The van der Waals surface area contributed by atoms with Gasteiger partial charge in [0.2, 0.25) is 0 Å². The number of benzene rings is 2. The Hall–Kier alpha value is -2.82. The molecule has 1 heterocycles. The normalized spacial score (nSPS) is 14.5. The Bertz CT molecular complexity index is 712. The number of rotatable bonds is 4. The Kier molecular flexibility index (Phi) is 3.78. The molecule has 2 N–H and O–H groups in total. The van der Waals surface area contributed by atoms with Gasteiger partial charge in [0.05, 0.1) is 11.6 Å². The highest BCUT2D eigenvalue weighted by Gasteiger charge is 2.22. The first-order valence-electron chi connectivity index (χ1n) is 6.97. The molecular weight excluding hydrogens is 282 g/mol. The Morgan fingerprint density at radius 3 is 2.73 bits per heavy atom. The SMILES string of the molecule is O=C1COc2ccc(CC(C(=O)O)c3ccccc3)cc2N1. The molecule has 112 valence electrons. The van der Waals surface area contributed by atoms with Gasteiger partial charge in [-0.2, -0.15) is 0 Å². The third-order valence-corrected chi connectivity index (χ3v) is 3.62. The van der Waals surface area contributed by atoms with Crippen LogP contribution in [0.1, 0.15) is 17.0 Å². The van der Waals surface area contributed by atoms with E-state index >= 15 is 0 Å². The maximum absolute atomic E-state index is 11.6. The summed E-state index contributed by atoms with van der Waals surface area (Å²) in [7, 11) is 0. The summed E-state index contributed by atoms with van der Waals surface area (Å²) in [5, 5.41) is 12.2. The van der Waals surface area contributed by atoms with Gasteiger partial charge in [0.25, 0.3) is 5.91 Å². The molecule has 22 heavy (non-hydrogen) atoms. The van der Waals surface area contributed by atoms with E-state index in [9.17, 15) is 14.7 Å². The highest BCUT2D eigenvalue weighted by molar-refractivity contribution is 5.95. The summed E-state index contributed by atoms with van der Waals surface area (Å²) in [6.07, 6.45) is 0.350. The monoisotopic (exact) mass is 297 g/mol.